The average Bonchev–Trinajstić information content (AvgIpc) is 2.52. The first-order chi connectivity index (χ1) is 9.78. The van der Waals surface area contributed by atoms with Crippen molar-refractivity contribution >= 4 is 5.96 Å². The normalized spacial score (nSPS) is 11.2. The first-order valence-corrected chi connectivity index (χ1v) is 6.55. The molecule has 2 aromatic carbocycles. The van der Waals surface area contributed by atoms with E-state index in [4.69, 9.17) is 10.5 Å². The van der Waals surface area contributed by atoms with Gasteiger partial charge in [-0.05, 0) is 23.3 Å². The maximum atomic E-state index is 5.90. The zero-order valence-electron chi connectivity index (χ0n) is 11.6. The third kappa shape index (κ3) is 4.31. The van der Waals surface area contributed by atoms with E-state index in [-0.39, 0.29) is 0 Å². The van der Waals surface area contributed by atoms with Crippen LogP contribution in [0.3, 0.4) is 0 Å². The summed E-state index contributed by atoms with van der Waals surface area (Å²) in [5.41, 5.74) is 8.24. The summed E-state index contributed by atoms with van der Waals surface area (Å²) >= 11 is 0. The van der Waals surface area contributed by atoms with Crippen LogP contribution >= 0.6 is 0 Å². The lowest BCUT2D eigenvalue weighted by molar-refractivity contribution is -0.478. The summed E-state index contributed by atoms with van der Waals surface area (Å²) in [5, 5.41) is 3.15. The molecular weight excluding hydrogens is 250 g/mol. The summed E-state index contributed by atoms with van der Waals surface area (Å²) in [6.45, 7) is 1.39. The monoisotopic (exact) mass is 270 g/mol. The molecule has 0 aliphatic heterocycles. The van der Waals surface area contributed by atoms with Crippen LogP contribution in [0.5, 0.6) is 5.75 Å². The fraction of sp³-hybridized carbons (Fsp3) is 0.188. The molecule has 0 fully saturated rings. The van der Waals surface area contributed by atoms with Crippen molar-refractivity contribution in [3.8, 4) is 5.75 Å². The molecule has 20 heavy (non-hydrogen) atoms. The SMILES string of the molecule is COc1ccc(CNC(N)=[NH+]Cc2ccccc2)cc1. The van der Waals surface area contributed by atoms with Crippen LogP contribution in [0.15, 0.2) is 54.6 Å². The molecular formula is C16H20N3O+. The van der Waals surface area contributed by atoms with Crippen LogP contribution in [0.25, 0.3) is 0 Å². The molecule has 2 rings (SSSR count). The lowest BCUT2D eigenvalue weighted by Crippen LogP contribution is -2.77. The van der Waals surface area contributed by atoms with Gasteiger partial charge in [0.05, 0.1) is 20.2 Å². The van der Waals surface area contributed by atoms with Gasteiger partial charge < -0.3 is 4.74 Å². The van der Waals surface area contributed by atoms with Crippen molar-refractivity contribution in [3.63, 3.8) is 0 Å². The maximum absolute atomic E-state index is 5.90. The zero-order valence-corrected chi connectivity index (χ0v) is 11.6. The summed E-state index contributed by atoms with van der Waals surface area (Å²) in [4.78, 5) is 3.15. The molecule has 0 aliphatic rings. The van der Waals surface area contributed by atoms with Gasteiger partial charge in [0.25, 0.3) is 0 Å². The first kappa shape index (κ1) is 13.9. The number of nitrogens with two attached hydrogens (primary N) is 1. The first-order valence-electron chi connectivity index (χ1n) is 6.55. The Balaban J connectivity index is 1.83. The Morgan fingerprint density at radius 2 is 1.75 bits per heavy atom. The summed E-state index contributed by atoms with van der Waals surface area (Å²) < 4.78 is 5.12. The van der Waals surface area contributed by atoms with Gasteiger partial charge in [0.2, 0.25) is 0 Å². The van der Waals surface area contributed by atoms with Gasteiger partial charge >= 0.3 is 5.96 Å². The van der Waals surface area contributed by atoms with Gasteiger partial charge in [-0.3, -0.25) is 16.0 Å². The van der Waals surface area contributed by atoms with Gasteiger partial charge in [-0.1, -0.05) is 42.5 Å². The van der Waals surface area contributed by atoms with Gasteiger partial charge in [0, 0.05) is 0 Å². The van der Waals surface area contributed by atoms with Crippen LogP contribution in [0.4, 0.5) is 0 Å². The summed E-state index contributed by atoms with van der Waals surface area (Å²) in [7, 11) is 1.66. The van der Waals surface area contributed by atoms with Crippen LogP contribution in [0, 0.1) is 0 Å². The van der Waals surface area contributed by atoms with E-state index < -0.39 is 0 Å². The van der Waals surface area contributed by atoms with Crippen LogP contribution in [-0.4, -0.2) is 13.1 Å². The number of ether oxygens (including phenoxy) is 1. The predicted molar refractivity (Wildman–Crippen MR) is 80.1 cm³/mol. The number of nitrogens with one attached hydrogen (secondary N) is 2. The maximum Gasteiger partial charge on any atom is 0.341 e. The summed E-state index contributed by atoms with van der Waals surface area (Å²) in [6.07, 6.45) is 0. The summed E-state index contributed by atoms with van der Waals surface area (Å²) in [6, 6.07) is 18.0. The van der Waals surface area contributed by atoms with Crippen molar-refractivity contribution in [2.45, 2.75) is 13.1 Å². The molecule has 0 radical (unpaired) electrons. The highest BCUT2D eigenvalue weighted by atomic mass is 16.5. The zero-order chi connectivity index (χ0) is 14.2. The number of rotatable bonds is 5. The Hall–Kier alpha value is -2.49. The van der Waals surface area contributed by atoms with Gasteiger partial charge in [0.1, 0.15) is 5.75 Å². The van der Waals surface area contributed by atoms with E-state index in [0.717, 1.165) is 11.3 Å². The topological polar surface area (TPSA) is 61.2 Å². The molecule has 2 aromatic rings. The molecule has 104 valence electrons. The molecule has 0 atom stereocenters. The number of benzene rings is 2. The van der Waals surface area contributed by atoms with Crippen LogP contribution < -0.4 is 20.8 Å². The number of hydrogen-bond donors (Lipinski definition) is 3. The molecule has 0 aromatic heterocycles. The van der Waals surface area contributed by atoms with Crippen molar-refractivity contribution in [1.29, 1.82) is 0 Å². The van der Waals surface area contributed by atoms with Gasteiger partial charge in [-0.2, -0.15) is 0 Å². The Morgan fingerprint density at radius 3 is 2.40 bits per heavy atom. The smallest absolute Gasteiger partial charge is 0.341 e. The Morgan fingerprint density at radius 1 is 1.05 bits per heavy atom. The van der Waals surface area contributed by atoms with E-state index in [9.17, 15) is 0 Å². The van der Waals surface area contributed by atoms with Crippen molar-refractivity contribution in [3.05, 3.63) is 65.7 Å². The van der Waals surface area contributed by atoms with Crippen molar-refractivity contribution in [2.24, 2.45) is 5.73 Å². The molecule has 0 bridgehead atoms. The quantitative estimate of drug-likeness (QED) is 0.544. The van der Waals surface area contributed by atoms with Crippen LogP contribution in [0.1, 0.15) is 11.1 Å². The van der Waals surface area contributed by atoms with Gasteiger partial charge in [0.15, 0.2) is 0 Å². The summed E-state index contributed by atoms with van der Waals surface area (Å²) in [5.74, 6) is 1.43. The molecule has 0 saturated carbocycles. The Bertz CT molecular complexity index is 550. The minimum absolute atomic E-state index is 0.574. The Labute approximate surface area is 119 Å². The number of guanidine groups is 1. The van der Waals surface area contributed by atoms with E-state index >= 15 is 0 Å². The van der Waals surface area contributed by atoms with E-state index in [0.29, 0.717) is 19.0 Å². The highest BCUT2D eigenvalue weighted by molar-refractivity contribution is 5.71. The van der Waals surface area contributed by atoms with Gasteiger partial charge in [-0.15, -0.1) is 0 Å². The van der Waals surface area contributed by atoms with Crippen molar-refractivity contribution in [1.82, 2.24) is 5.32 Å². The fourth-order valence-corrected chi connectivity index (χ4v) is 1.80. The van der Waals surface area contributed by atoms with E-state index in [1.807, 2.05) is 42.5 Å². The van der Waals surface area contributed by atoms with Crippen LogP contribution in [0.2, 0.25) is 0 Å². The molecule has 0 aliphatic carbocycles. The third-order valence-electron chi connectivity index (χ3n) is 2.97. The third-order valence-corrected chi connectivity index (χ3v) is 2.97. The number of methoxy groups -OCH3 is 1. The molecule has 0 spiro atoms. The van der Waals surface area contributed by atoms with E-state index in [1.165, 1.54) is 5.56 Å². The number of hydrogen-bond acceptors (Lipinski definition) is 1. The van der Waals surface area contributed by atoms with Crippen molar-refractivity contribution in [2.75, 3.05) is 7.11 Å². The predicted octanol–water partition coefficient (Wildman–Crippen LogP) is 0.380. The minimum Gasteiger partial charge on any atom is -0.497 e. The molecule has 4 N–H and O–H groups in total. The lowest BCUT2D eigenvalue weighted by Gasteiger charge is -2.03. The standard InChI is InChI=1S/C16H19N3O/c1-20-15-9-7-14(8-10-15)12-19-16(17)18-11-13-5-3-2-4-6-13/h2-10H,11-12H2,1H3,(H3,17,18,19)/p+1. The molecule has 4 heteroatoms. The molecule has 0 saturated heterocycles. The molecule has 4 nitrogen and oxygen atoms in total. The van der Waals surface area contributed by atoms with E-state index in [1.54, 1.807) is 7.11 Å². The average molecular weight is 270 g/mol. The van der Waals surface area contributed by atoms with Gasteiger partial charge in [-0.25, -0.2) is 0 Å². The molecule has 0 heterocycles. The molecule has 0 unspecified atom stereocenters. The molecule has 0 amide bonds. The lowest BCUT2D eigenvalue weighted by atomic mass is 10.2. The largest absolute Gasteiger partial charge is 0.497 e. The highest BCUT2D eigenvalue weighted by Gasteiger charge is 2.00. The van der Waals surface area contributed by atoms with E-state index in [2.05, 4.69) is 22.4 Å². The second-order valence-corrected chi connectivity index (χ2v) is 4.45. The fourth-order valence-electron chi connectivity index (χ4n) is 1.80. The van der Waals surface area contributed by atoms with Crippen LogP contribution in [-0.2, 0) is 13.1 Å². The minimum atomic E-state index is 0.574. The van der Waals surface area contributed by atoms with Crippen molar-refractivity contribution < 1.29 is 9.73 Å². The second kappa shape index (κ2) is 7.19. The highest BCUT2D eigenvalue weighted by Crippen LogP contribution is 2.10. The Kier molecular flexibility index (Phi) is 5.00. The second-order valence-electron chi connectivity index (χ2n) is 4.45.